The van der Waals surface area contributed by atoms with Crippen LogP contribution in [0, 0.1) is 0 Å². The summed E-state index contributed by atoms with van der Waals surface area (Å²) >= 11 is 0. The van der Waals surface area contributed by atoms with E-state index in [1.54, 1.807) is 23.4 Å². The van der Waals surface area contributed by atoms with Gasteiger partial charge in [0.15, 0.2) is 5.82 Å². The molecule has 0 spiro atoms. The van der Waals surface area contributed by atoms with E-state index in [-0.39, 0.29) is 5.91 Å². The molecule has 0 atom stereocenters. The Kier molecular flexibility index (Phi) is 2.44. The van der Waals surface area contributed by atoms with Gasteiger partial charge in [-0.3, -0.25) is 4.79 Å². The zero-order chi connectivity index (χ0) is 12.5. The number of nitrogens with two attached hydrogens (primary N) is 1. The quantitative estimate of drug-likeness (QED) is 0.757. The number of hydrogen-bond acceptors (Lipinski definition) is 5. The van der Waals surface area contributed by atoms with E-state index in [1.807, 2.05) is 4.57 Å². The van der Waals surface area contributed by atoms with Gasteiger partial charge in [0.1, 0.15) is 12.0 Å². The third kappa shape index (κ3) is 1.79. The molecule has 0 saturated carbocycles. The fourth-order valence-corrected chi connectivity index (χ4v) is 1.93. The maximum absolute atomic E-state index is 12.2. The summed E-state index contributed by atoms with van der Waals surface area (Å²) in [6, 6.07) is 3.31. The number of nitrogens with zero attached hydrogens (tertiary/aromatic N) is 5. The molecule has 7 nitrogen and oxygen atoms in total. The Morgan fingerprint density at radius 3 is 3.00 bits per heavy atom. The first-order valence-corrected chi connectivity index (χ1v) is 5.61. The van der Waals surface area contributed by atoms with Crippen molar-refractivity contribution in [1.82, 2.24) is 24.6 Å². The number of nitrogen functional groups attached to an aromatic ring is 1. The lowest BCUT2D eigenvalue weighted by Crippen LogP contribution is -2.38. The largest absolute Gasteiger partial charge is 0.397 e. The Balaban J connectivity index is 1.80. The fraction of sp³-hybridized carbons (Fsp3) is 0.273. The first-order valence-electron chi connectivity index (χ1n) is 5.61. The molecule has 1 aliphatic heterocycles. The Morgan fingerprint density at radius 2 is 2.22 bits per heavy atom. The highest BCUT2D eigenvalue weighted by atomic mass is 16.2. The molecule has 2 aromatic heterocycles. The summed E-state index contributed by atoms with van der Waals surface area (Å²) < 4.78 is 1.94. The van der Waals surface area contributed by atoms with Crippen LogP contribution < -0.4 is 5.73 Å². The number of aromatic nitrogens is 4. The molecular weight excluding hydrogens is 232 g/mol. The van der Waals surface area contributed by atoms with Crippen LogP contribution in [0.1, 0.15) is 16.3 Å². The van der Waals surface area contributed by atoms with Gasteiger partial charge >= 0.3 is 0 Å². The summed E-state index contributed by atoms with van der Waals surface area (Å²) in [6.07, 6.45) is 3.16. The van der Waals surface area contributed by atoms with E-state index in [0.29, 0.717) is 31.0 Å². The second kappa shape index (κ2) is 4.10. The lowest BCUT2D eigenvalue weighted by molar-refractivity contribution is 0.0701. The van der Waals surface area contributed by atoms with Crippen molar-refractivity contribution in [1.29, 1.82) is 0 Å². The lowest BCUT2D eigenvalue weighted by Gasteiger charge is -2.26. The van der Waals surface area contributed by atoms with Gasteiger partial charge in [0.05, 0.1) is 18.4 Å². The van der Waals surface area contributed by atoms with Crippen molar-refractivity contribution in [2.75, 3.05) is 12.3 Å². The fourth-order valence-electron chi connectivity index (χ4n) is 1.93. The lowest BCUT2D eigenvalue weighted by atomic mass is 10.2. The number of anilines is 1. The summed E-state index contributed by atoms with van der Waals surface area (Å²) in [5.74, 6) is 0.689. The van der Waals surface area contributed by atoms with Crippen molar-refractivity contribution < 1.29 is 4.79 Å². The minimum Gasteiger partial charge on any atom is -0.397 e. The van der Waals surface area contributed by atoms with Crippen LogP contribution in [0.25, 0.3) is 0 Å². The number of pyridine rings is 1. The van der Waals surface area contributed by atoms with E-state index in [9.17, 15) is 4.79 Å². The predicted octanol–water partition coefficient (Wildman–Crippen LogP) is -0.0887. The summed E-state index contributed by atoms with van der Waals surface area (Å²) in [6.45, 7) is 1.81. The summed E-state index contributed by atoms with van der Waals surface area (Å²) in [5, 5.41) is 7.80. The highest BCUT2D eigenvalue weighted by Gasteiger charge is 2.23. The zero-order valence-corrected chi connectivity index (χ0v) is 9.65. The van der Waals surface area contributed by atoms with Gasteiger partial charge in [-0.25, -0.2) is 4.98 Å². The van der Waals surface area contributed by atoms with Gasteiger partial charge in [-0.05, 0) is 12.1 Å². The summed E-state index contributed by atoms with van der Waals surface area (Å²) in [7, 11) is 0. The molecule has 0 unspecified atom stereocenters. The van der Waals surface area contributed by atoms with Gasteiger partial charge in [-0.15, -0.1) is 10.2 Å². The Morgan fingerprint density at radius 1 is 1.33 bits per heavy atom. The second-order valence-electron chi connectivity index (χ2n) is 4.14. The van der Waals surface area contributed by atoms with Gasteiger partial charge in [0, 0.05) is 13.1 Å². The average molecular weight is 244 g/mol. The number of amides is 1. The van der Waals surface area contributed by atoms with Crippen molar-refractivity contribution in [3.05, 3.63) is 36.2 Å². The first-order chi connectivity index (χ1) is 8.74. The maximum Gasteiger partial charge on any atom is 0.272 e. The number of fused-ring (bicyclic) bond motifs is 1. The third-order valence-corrected chi connectivity index (χ3v) is 2.93. The van der Waals surface area contributed by atoms with E-state index in [4.69, 9.17) is 5.73 Å². The van der Waals surface area contributed by atoms with E-state index in [2.05, 4.69) is 15.2 Å². The number of rotatable bonds is 1. The van der Waals surface area contributed by atoms with Gasteiger partial charge in [0.2, 0.25) is 0 Å². The Bertz CT molecular complexity index is 575. The minimum absolute atomic E-state index is 0.107. The van der Waals surface area contributed by atoms with Crippen molar-refractivity contribution >= 4 is 11.6 Å². The van der Waals surface area contributed by atoms with E-state index >= 15 is 0 Å². The standard InChI is InChI=1S/C11H12N6O/c12-8-1-2-9(13-5-8)11(18)16-3-4-17-7-14-15-10(17)6-16/h1-2,5,7H,3-4,6,12H2. The average Bonchev–Trinajstić information content (AvgIpc) is 2.86. The number of carbonyl (C=O) groups is 1. The van der Waals surface area contributed by atoms with Crippen LogP contribution >= 0.6 is 0 Å². The van der Waals surface area contributed by atoms with Gasteiger partial charge in [-0.1, -0.05) is 0 Å². The van der Waals surface area contributed by atoms with Crippen LogP contribution in [0.2, 0.25) is 0 Å². The number of hydrogen-bond donors (Lipinski definition) is 1. The Hall–Kier alpha value is -2.44. The molecule has 2 N–H and O–H groups in total. The molecule has 0 aromatic carbocycles. The molecule has 3 rings (SSSR count). The Labute approximate surface area is 103 Å². The smallest absolute Gasteiger partial charge is 0.272 e. The molecule has 1 amide bonds. The highest BCUT2D eigenvalue weighted by molar-refractivity contribution is 5.92. The van der Waals surface area contributed by atoms with Crippen LogP contribution in [0.4, 0.5) is 5.69 Å². The predicted molar refractivity (Wildman–Crippen MR) is 63.4 cm³/mol. The molecule has 92 valence electrons. The highest BCUT2D eigenvalue weighted by Crippen LogP contribution is 2.12. The van der Waals surface area contributed by atoms with Crippen LogP contribution in [-0.4, -0.2) is 37.1 Å². The SMILES string of the molecule is Nc1ccc(C(=O)N2CCn3cnnc3C2)nc1. The van der Waals surface area contributed by atoms with E-state index in [0.717, 1.165) is 5.82 Å². The van der Waals surface area contributed by atoms with Crippen molar-refractivity contribution in [3.63, 3.8) is 0 Å². The third-order valence-electron chi connectivity index (χ3n) is 2.93. The molecule has 0 bridgehead atoms. The van der Waals surface area contributed by atoms with Crippen LogP contribution in [0.5, 0.6) is 0 Å². The molecule has 3 heterocycles. The van der Waals surface area contributed by atoms with Crippen LogP contribution in [-0.2, 0) is 13.1 Å². The second-order valence-corrected chi connectivity index (χ2v) is 4.14. The van der Waals surface area contributed by atoms with E-state index < -0.39 is 0 Å². The summed E-state index contributed by atoms with van der Waals surface area (Å²) in [4.78, 5) is 18.0. The van der Waals surface area contributed by atoms with Gasteiger partial charge < -0.3 is 15.2 Å². The van der Waals surface area contributed by atoms with Crippen LogP contribution in [0.3, 0.4) is 0 Å². The van der Waals surface area contributed by atoms with Crippen molar-refractivity contribution in [2.45, 2.75) is 13.1 Å². The topological polar surface area (TPSA) is 89.9 Å². The molecule has 2 aromatic rings. The van der Waals surface area contributed by atoms with Gasteiger partial charge in [-0.2, -0.15) is 0 Å². The molecule has 0 radical (unpaired) electrons. The molecule has 0 saturated heterocycles. The molecule has 18 heavy (non-hydrogen) atoms. The van der Waals surface area contributed by atoms with Crippen molar-refractivity contribution in [3.8, 4) is 0 Å². The molecule has 1 aliphatic rings. The zero-order valence-electron chi connectivity index (χ0n) is 9.65. The van der Waals surface area contributed by atoms with E-state index in [1.165, 1.54) is 6.20 Å². The molecule has 0 aliphatic carbocycles. The maximum atomic E-state index is 12.2. The molecular formula is C11H12N6O. The molecule has 0 fully saturated rings. The summed E-state index contributed by atoms with van der Waals surface area (Å²) in [5.41, 5.74) is 6.49. The minimum atomic E-state index is -0.107. The van der Waals surface area contributed by atoms with Crippen LogP contribution in [0.15, 0.2) is 24.7 Å². The molecule has 7 heteroatoms. The van der Waals surface area contributed by atoms with Crippen molar-refractivity contribution in [2.24, 2.45) is 0 Å². The monoisotopic (exact) mass is 244 g/mol. The normalized spacial score (nSPS) is 14.3. The first kappa shape index (κ1) is 10.7. The number of carbonyl (C=O) groups excluding carboxylic acids is 1. The van der Waals surface area contributed by atoms with Gasteiger partial charge in [0.25, 0.3) is 5.91 Å².